The monoisotopic (exact) mass is 385 g/mol. The van der Waals surface area contributed by atoms with Gasteiger partial charge < -0.3 is 5.32 Å². The average molecular weight is 386 g/mol. The Balaban J connectivity index is 1.75. The molecule has 0 saturated carbocycles. The normalized spacial score (nSPS) is 15.4. The number of nitrogens with one attached hydrogen (secondary N) is 1. The molecule has 1 aromatic carbocycles. The van der Waals surface area contributed by atoms with E-state index in [-0.39, 0.29) is 24.1 Å². The maximum Gasteiger partial charge on any atom is 0.435 e. The van der Waals surface area contributed by atoms with Crippen LogP contribution in [0.2, 0.25) is 5.02 Å². The Morgan fingerprint density at radius 1 is 1.27 bits per heavy atom. The minimum Gasteiger partial charge on any atom is -0.348 e. The van der Waals surface area contributed by atoms with Gasteiger partial charge in [-0.05, 0) is 50.3 Å². The Labute approximate surface area is 154 Å². The number of aromatic nitrogens is 2. The lowest BCUT2D eigenvalue weighted by Crippen LogP contribution is -2.31. The molecule has 1 aliphatic carbocycles. The summed E-state index contributed by atoms with van der Waals surface area (Å²) in [5.74, 6) is -0.378. The second-order valence-corrected chi connectivity index (χ2v) is 6.91. The molecule has 0 aliphatic heterocycles. The van der Waals surface area contributed by atoms with E-state index >= 15 is 0 Å². The summed E-state index contributed by atoms with van der Waals surface area (Å²) < 4.78 is 40.8. The van der Waals surface area contributed by atoms with Gasteiger partial charge in [0.15, 0.2) is 5.69 Å². The first-order valence-electron chi connectivity index (χ1n) is 8.46. The van der Waals surface area contributed by atoms with Crippen LogP contribution in [0.4, 0.5) is 13.2 Å². The maximum atomic E-state index is 13.2. The van der Waals surface area contributed by atoms with Crippen molar-refractivity contribution in [3.8, 4) is 0 Å². The molecular formula is C18H19ClF3N3O. The lowest BCUT2D eigenvalue weighted by Gasteiger charge is -2.17. The molecule has 26 heavy (non-hydrogen) atoms. The molecule has 1 amide bonds. The fourth-order valence-electron chi connectivity index (χ4n) is 3.29. The van der Waals surface area contributed by atoms with E-state index in [0.717, 1.165) is 12.0 Å². The first-order valence-corrected chi connectivity index (χ1v) is 8.84. The summed E-state index contributed by atoms with van der Waals surface area (Å²) in [4.78, 5) is 12.3. The van der Waals surface area contributed by atoms with Gasteiger partial charge in [-0.2, -0.15) is 18.3 Å². The van der Waals surface area contributed by atoms with E-state index in [2.05, 4.69) is 10.4 Å². The van der Waals surface area contributed by atoms with E-state index in [1.165, 1.54) is 4.68 Å². The Bertz CT molecular complexity index is 799. The molecule has 1 unspecified atom stereocenters. The first-order chi connectivity index (χ1) is 12.3. The van der Waals surface area contributed by atoms with E-state index in [0.29, 0.717) is 30.0 Å². The predicted octanol–water partition coefficient (Wildman–Crippen LogP) is 4.31. The van der Waals surface area contributed by atoms with Gasteiger partial charge in [0.25, 0.3) is 0 Å². The van der Waals surface area contributed by atoms with Crippen molar-refractivity contribution in [3.63, 3.8) is 0 Å². The van der Waals surface area contributed by atoms with Gasteiger partial charge in [-0.25, -0.2) is 0 Å². The molecule has 1 N–H and O–H groups in total. The number of benzene rings is 1. The van der Waals surface area contributed by atoms with E-state index in [1.807, 2.05) is 0 Å². The summed E-state index contributed by atoms with van der Waals surface area (Å²) in [5, 5.41) is 7.10. The van der Waals surface area contributed by atoms with Crippen molar-refractivity contribution in [2.24, 2.45) is 0 Å². The Morgan fingerprint density at radius 2 is 1.92 bits per heavy atom. The largest absolute Gasteiger partial charge is 0.435 e. The molecule has 1 heterocycles. The number of hydrogen-bond acceptors (Lipinski definition) is 2. The highest BCUT2D eigenvalue weighted by molar-refractivity contribution is 6.30. The van der Waals surface area contributed by atoms with Crippen LogP contribution in [0.1, 0.15) is 48.3 Å². The second-order valence-electron chi connectivity index (χ2n) is 6.48. The highest BCUT2D eigenvalue weighted by Crippen LogP contribution is 2.35. The molecule has 140 valence electrons. The summed E-state index contributed by atoms with van der Waals surface area (Å²) in [7, 11) is 0. The van der Waals surface area contributed by atoms with Gasteiger partial charge in [-0.3, -0.25) is 9.48 Å². The van der Waals surface area contributed by atoms with Crippen molar-refractivity contribution in [1.82, 2.24) is 15.1 Å². The summed E-state index contributed by atoms with van der Waals surface area (Å²) in [6, 6.07) is 6.75. The fraction of sp³-hybridized carbons (Fsp3) is 0.444. The SMILES string of the molecule is CC(NC(=O)Cn1nc(C(F)(F)F)c2c1CCCC2)c1ccc(Cl)cc1. The summed E-state index contributed by atoms with van der Waals surface area (Å²) >= 11 is 5.85. The van der Waals surface area contributed by atoms with E-state index in [1.54, 1.807) is 31.2 Å². The molecular weight excluding hydrogens is 367 g/mol. The summed E-state index contributed by atoms with van der Waals surface area (Å²) in [5.41, 5.74) is 0.771. The third-order valence-electron chi connectivity index (χ3n) is 4.57. The van der Waals surface area contributed by atoms with Gasteiger partial charge in [0.05, 0.1) is 6.04 Å². The van der Waals surface area contributed by atoms with Crippen LogP contribution in [0, 0.1) is 0 Å². The molecule has 4 nitrogen and oxygen atoms in total. The van der Waals surface area contributed by atoms with Crippen molar-refractivity contribution in [1.29, 1.82) is 0 Å². The van der Waals surface area contributed by atoms with Gasteiger partial charge in [0.2, 0.25) is 5.91 Å². The van der Waals surface area contributed by atoms with Crippen LogP contribution in [0.25, 0.3) is 0 Å². The number of rotatable bonds is 4. The number of carbonyl (C=O) groups is 1. The van der Waals surface area contributed by atoms with Crippen LogP contribution in [-0.2, 0) is 30.4 Å². The van der Waals surface area contributed by atoms with Crippen LogP contribution >= 0.6 is 11.6 Å². The first kappa shape index (κ1) is 18.8. The minimum atomic E-state index is -4.50. The molecule has 2 aromatic rings. The number of alkyl halides is 3. The number of carbonyl (C=O) groups excluding carboxylic acids is 1. The number of fused-ring (bicyclic) bond motifs is 1. The van der Waals surface area contributed by atoms with Crippen molar-refractivity contribution in [3.05, 3.63) is 51.8 Å². The number of halogens is 4. The Morgan fingerprint density at radius 3 is 2.58 bits per heavy atom. The van der Waals surface area contributed by atoms with Crippen LogP contribution < -0.4 is 5.32 Å². The zero-order valence-electron chi connectivity index (χ0n) is 14.2. The topological polar surface area (TPSA) is 46.9 Å². The second kappa shape index (κ2) is 7.31. The van der Waals surface area contributed by atoms with E-state index in [4.69, 9.17) is 11.6 Å². The zero-order valence-corrected chi connectivity index (χ0v) is 15.0. The standard InChI is InChI=1S/C18H19ClF3N3O/c1-11(12-6-8-13(19)9-7-12)23-16(26)10-25-15-5-3-2-4-14(15)17(24-25)18(20,21)22/h6-9,11H,2-5,10H2,1H3,(H,23,26). The number of hydrogen-bond donors (Lipinski definition) is 1. The van der Waals surface area contributed by atoms with Crippen molar-refractivity contribution < 1.29 is 18.0 Å². The number of nitrogens with zero attached hydrogens (tertiary/aromatic N) is 2. The van der Waals surface area contributed by atoms with Crippen LogP contribution in [-0.4, -0.2) is 15.7 Å². The van der Waals surface area contributed by atoms with E-state index < -0.39 is 11.9 Å². The van der Waals surface area contributed by atoms with Crippen molar-refractivity contribution in [2.45, 2.75) is 51.4 Å². The van der Waals surface area contributed by atoms with Gasteiger partial charge >= 0.3 is 6.18 Å². The summed E-state index contributed by atoms with van der Waals surface area (Å²) in [6.45, 7) is 1.58. The zero-order chi connectivity index (χ0) is 18.9. The van der Waals surface area contributed by atoms with Crippen molar-refractivity contribution in [2.75, 3.05) is 0 Å². The van der Waals surface area contributed by atoms with Gasteiger partial charge in [-0.1, -0.05) is 23.7 Å². The Hall–Kier alpha value is -2.02. The molecule has 8 heteroatoms. The maximum absolute atomic E-state index is 13.2. The summed E-state index contributed by atoms with van der Waals surface area (Å²) in [6.07, 6.45) is -2.12. The third kappa shape index (κ3) is 4.03. The van der Waals surface area contributed by atoms with Crippen LogP contribution in [0.5, 0.6) is 0 Å². The van der Waals surface area contributed by atoms with Gasteiger partial charge in [-0.15, -0.1) is 0 Å². The highest BCUT2D eigenvalue weighted by atomic mass is 35.5. The molecule has 3 rings (SSSR count). The molecule has 1 aliphatic rings. The molecule has 0 spiro atoms. The average Bonchev–Trinajstić information content (AvgIpc) is 2.94. The lowest BCUT2D eigenvalue weighted by atomic mass is 9.95. The van der Waals surface area contributed by atoms with Crippen molar-refractivity contribution >= 4 is 17.5 Å². The molecule has 0 bridgehead atoms. The van der Waals surface area contributed by atoms with Crippen LogP contribution in [0.3, 0.4) is 0 Å². The predicted molar refractivity (Wildman–Crippen MR) is 91.9 cm³/mol. The molecule has 0 radical (unpaired) electrons. The molecule has 0 saturated heterocycles. The molecule has 1 atom stereocenters. The van der Waals surface area contributed by atoms with Gasteiger partial charge in [0.1, 0.15) is 6.54 Å². The minimum absolute atomic E-state index is 0.226. The highest BCUT2D eigenvalue weighted by Gasteiger charge is 2.39. The quantitative estimate of drug-likeness (QED) is 0.852. The van der Waals surface area contributed by atoms with Gasteiger partial charge in [0, 0.05) is 16.3 Å². The molecule has 1 aromatic heterocycles. The Kier molecular flexibility index (Phi) is 5.27. The van der Waals surface area contributed by atoms with Crippen LogP contribution in [0.15, 0.2) is 24.3 Å². The van der Waals surface area contributed by atoms with E-state index in [9.17, 15) is 18.0 Å². The lowest BCUT2D eigenvalue weighted by molar-refractivity contribution is -0.142. The third-order valence-corrected chi connectivity index (χ3v) is 4.82. The smallest absolute Gasteiger partial charge is 0.348 e. The molecule has 0 fully saturated rings. The number of amides is 1. The fourth-order valence-corrected chi connectivity index (χ4v) is 3.41.